The van der Waals surface area contributed by atoms with Gasteiger partial charge in [-0.15, -0.1) is 0 Å². The topological polar surface area (TPSA) is 49.8 Å². The molecule has 2 atom stereocenters. The normalized spacial score (nSPS) is 17.6. The molecule has 4 nitrogen and oxygen atoms in total. The average Bonchev–Trinajstić information content (AvgIpc) is 2.81. The molecular weight excluding hydrogens is 381 g/mol. The van der Waals surface area contributed by atoms with E-state index in [9.17, 15) is 9.67 Å². The fraction of sp³-hybridized carbons (Fsp3) is 0.250. The van der Waals surface area contributed by atoms with Crippen molar-refractivity contribution in [2.75, 3.05) is 26.3 Å². The Bertz CT molecular complexity index is 900. The van der Waals surface area contributed by atoms with E-state index in [1.165, 1.54) is 0 Å². The summed E-state index contributed by atoms with van der Waals surface area (Å²) in [6.07, 6.45) is -0.888. The van der Waals surface area contributed by atoms with Gasteiger partial charge in [-0.3, -0.25) is 4.90 Å². The number of benzene rings is 3. The highest BCUT2D eigenvalue weighted by molar-refractivity contribution is 7.79. The summed E-state index contributed by atoms with van der Waals surface area (Å²) in [5.41, 5.74) is 0.774. The van der Waals surface area contributed by atoms with E-state index in [2.05, 4.69) is 4.90 Å². The van der Waals surface area contributed by atoms with Crippen LogP contribution in [0.4, 0.5) is 0 Å². The lowest BCUT2D eigenvalue weighted by molar-refractivity contribution is 0.00164. The third-order valence-electron chi connectivity index (χ3n) is 5.50. The average molecular weight is 407 g/mol. The second kappa shape index (κ2) is 9.06. The van der Waals surface area contributed by atoms with Crippen molar-refractivity contribution < 1.29 is 14.4 Å². The molecule has 0 saturated carbocycles. The fourth-order valence-electron chi connectivity index (χ4n) is 4.05. The maximum absolute atomic E-state index is 15.0. The summed E-state index contributed by atoms with van der Waals surface area (Å²) in [6, 6.07) is 28.7. The van der Waals surface area contributed by atoms with Gasteiger partial charge in [0.15, 0.2) is 7.14 Å². The lowest BCUT2D eigenvalue weighted by atomic mass is 10.1. The lowest BCUT2D eigenvalue weighted by Crippen LogP contribution is -2.49. The molecule has 2 unspecified atom stereocenters. The SMILES string of the molecule is O=P(c1ccccc1)(c1ccccc1)C(C(O)c1ccccc1)N1CCOCC1. The molecule has 1 heterocycles. The summed E-state index contributed by atoms with van der Waals surface area (Å²) in [7, 11) is -3.20. The Morgan fingerprint density at radius 2 is 1.21 bits per heavy atom. The Labute approximate surface area is 172 Å². The maximum atomic E-state index is 15.0. The van der Waals surface area contributed by atoms with Crippen LogP contribution in [-0.2, 0) is 9.30 Å². The van der Waals surface area contributed by atoms with Crippen LogP contribution >= 0.6 is 7.14 Å². The molecule has 150 valence electrons. The van der Waals surface area contributed by atoms with Gasteiger partial charge in [0.2, 0.25) is 0 Å². The number of hydrogen-bond acceptors (Lipinski definition) is 4. The highest BCUT2D eigenvalue weighted by Crippen LogP contribution is 2.54. The number of nitrogens with zero attached hydrogens (tertiary/aromatic N) is 1. The van der Waals surface area contributed by atoms with E-state index in [-0.39, 0.29) is 0 Å². The first-order chi connectivity index (χ1) is 14.2. The Balaban J connectivity index is 1.90. The molecule has 3 aromatic carbocycles. The zero-order valence-corrected chi connectivity index (χ0v) is 17.2. The molecular formula is C24H26NO3P. The van der Waals surface area contributed by atoms with Gasteiger partial charge in [-0.1, -0.05) is 91.0 Å². The van der Waals surface area contributed by atoms with Crippen molar-refractivity contribution in [3.63, 3.8) is 0 Å². The van der Waals surface area contributed by atoms with Gasteiger partial charge in [0.25, 0.3) is 0 Å². The van der Waals surface area contributed by atoms with Crippen molar-refractivity contribution in [3.05, 3.63) is 96.6 Å². The van der Waals surface area contributed by atoms with E-state index in [1.807, 2.05) is 91.0 Å². The van der Waals surface area contributed by atoms with Gasteiger partial charge >= 0.3 is 0 Å². The van der Waals surface area contributed by atoms with Crippen molar-refractivity contribution in [1.29, 1.82) is 0 Å². The Morgan fingerprint density at radius 3 is 1.69 bits per heavy atom. The lowest BCUT2D eigenvalue weighted by Gasteiger charge is -2.42. The zero-order valence-electron chi connectivity index (χ0n) is 16.3. The van der Waals surface area contributed by atoms with Crippen molar-refractivity contribution >= 4 is 17.8 Å². The quantitative estimate of drug-likeness (QED) is 0.637. The minimum absolute atomic E-state index is 0.571. The molecule has 3 aromatic rings. The van der Waals surface area contributed by atoms with E-state index in [0.29, 0.717) is 26.3 Å². The van der Waals surface area contributed by atoms with Gasteiger partial charge in [0.05, 0.1) is 13.2 Å². The van der Waals surface area contributed by atoms with Crippen molar-refractivity contribution in [3.8, 4) is 0 Å². The first-order valence-corrected chi connectivity index (χ1v) is 11.7. The zero-order chi connectivity index (χ0) is 20.1. The number of ether oxygens (including phenoxy) is 1. The van der Waals surface area contributed by atoms with Gasteiger partial charge in [-0.2, -0.15) is 0 Å². The molecule has 4 rings (SSSR count). The standard InChI is InChI=1S/C24H26NO3P/c26-23(20-10-4-1-5-11-20)24(25-16-18-28-19-17-25)29(27,21-12-6-2-7-13-21)22-14-8-3-9-15-22/h1-15,23-24,26H,16-19H2. The van der Waals surface area contributed by atoms with Crippen LogP contribution in [0.25, 0.3) is 0 Å². The number of rotatable bonds is 6. The minimum atomic E-state index is -3.20. The molecule has 1 aliphatic rings. The molecule has 5 heteroatoms. The second-order valence-electron chi connectivity index (χ2n) is 7.25. The van der Waals surface area contributed by atoms with E-state index in [0.717, 1.165) is 16.2 Å². The molecule has 0 amide bonds. The van der Waals surface area contributed by atoms with E-state index in [1.54, 1.807) is 0 Å². The molecule has 0 radical (unpaired) electrons. The molecule has 1 saturated heterocycles. The molecule has 1 fully saturated rings. The summed E-state index contributed by atoms with van der Waals surface area (Å²) < 4.78 is 20.5. The van der Waals surface area contributed by atoms with Crippen LogP contribution in [0.5, 0.6) is 0 Å². The van der Waals surface area contributed by atoms with Crippen molar-refractivity contribution in [1.82, 2.24) is 4.90 Å². The van der Waals surface area contributed by atoms with Crippen LogP contribution in [0.15, 0.2) is 91.0 Å². The van der Waals surface area contributed by atoms with Crippen LogP contribution in [0.3, 0.4) is 0 Å². The molecule has 1 N–H and O–H groups in total. The first kappa shape index (κ1) is 20.1. The predicted octanol–water partition coefficient (Wildman–Crippen LogP) is 3.39. The van der Waals surface area contributed by atoms with Crippen LogP contribution in [0, 0.1) is 0 Å². The summed E-state index contributed by atoms with van der Waals surface area (Å²) in [4.78, 5) is 2.14. The molecule has 1 aliphatic heterocycles. The second-order valence-corrected chi connectivity index (χ2v) is 10.1. The van der Waals surface area contributed by atoms with Crippen LogP contribution in [0.2, 0.25) is 0 Å². The molecule has 0 aromatic heterocycles. The first-order valence-electron chi connectivity index (χ1n) is 9.97. The summed E-state index contributed by atoms with van der Waals surface area (Å²) >= 11 is 0. The van der Waals surface area contributed by atoms with Crippen LogP contribution in [0.1, 0.15) is 11.7 Å². The van der Waals surface area contributed by atoms with E-state index < -0.39 is 19.0 Å². The third-order valence-corrected chi connectivity index (χ3v) is 8.98. The van der Waals surface area contributed by atoms with Crippen molar-refractivity contribution in [2.24, 2.45) is 0 Å². The summed E-state index contributed by atoms with van der Waals surface area (Å²) in [5, 5.41) is 13.1. The van der Waals surface area contributed by atoms with Gasteiger partial charge in [-0.05, 0) is 5.56 Å². The molecule has 0 aliphatic carbocycles. The monoisotopic (exact) mass is 407 g/mol. The van der Waals surface area contributed by atoms with Gasteiger partial charge in [0, 0.05) is 23.7 Å². The Hall–Kier alpha value is -2.23. The predicted molar refractivity (Wildman–Crippen MR) is 117 cm³/mol. The minimum Gasteiger partial charge on any atom is -0.386 e. The molecule has 0 spiro atoms. The van der Waals surface area contributed by atoms with E-state index >= 15 is 0 Å². The van der Waals surface area contributed by atoms with E-state index in [4.69, 9.17) is 4.74 Å². The summed E-state index contributed by atoms with van der Waals surface area (Å²) in [6.45, 7) is 2.42. The number of morpholine rings is 1. The van der Waals surface area contributed by atoms with Gasteiger partial charge in [0.1, 0.15) is 11.9 Å². The fourth-order valence-corrected chi connectivity index (χ4v) is 7.45. The smallest absolute Gasteiger partial charge is 0.162 e. The Kier molecular flexibility index (Phi) is 6.27. The molecule has 29 heavy (non-hydrogen) atoms. The van der Waals surface area contributed by atoms with Gasteiger partial charge in [-0.25, -0.2) is 0 Å². The third kappa shape index (κ3) is 4.08. The maximum Gasteiger partial charge on any atom is 0.162 e. The highest BCUT2D eigenvalue weighted by atomic mass is 31.2. The van der Waals surface area contributed by atoms with Crippen LogP contribution < -0.4 is 10.6 Å². The highest BCUT2D eigenvalue weighted by Gasteiger charge is 2.45. The largest absolute Gasteiger partial charge is 0.386 e. The Morgan fingerprint density at radius 1 is 0.759 bits per heavy atom. The molecule has 0 bridgehead atoms. The number of aliphatic hydroxyl groups excluding tert-OH is 1. The number of aliphatic hydroxyl groups is 1. The summed E-state index contributed by atoms with van der Waals surface area (Å²) in [5.74, 6) is -0.571. The number of hydrogen-bond donors (Lipinski definition) is 1. The van der Waals surface area contributed by atoms with Crippen LogP contribution in [-0.4, -0.2) is 42.1 Å². The van der Waals surface area contributed by atoms with Crippen molar-refractivity contribution in [2.45, 2.75) is 11.9 Å². The van der Waals surface area contributed by atoms with Gasteiger partial charge < -0.3 is 14.4 Å².